The average Bonchev–Trinajstić information content (AvgIpc) is 2.98. The van der Waals surface area contributed by atoms with Crippen molar-refractivity contribution >= 4 is 17.3 Å². The number of pyridine rings is 1. The van der Waals surface area contributed by atoms with Crippen molar-refractivity contribution in [3.8, 4) is 0 Å². The van der Waals surface area contributed by atoms with Crippen LogP contribution in [-0.2, 0) is 6.54 Å². The molecule has 3 aromatic rings. The van der Waals surface area contributed by atoms with Gasteiger partial charge in [-0.2, -0.15) is 0 Å². The summed E-state index contributed by atoms with van der Waals surface area (Å²) in [6.07, 6.45) is 3.21. The standard InChI is InChI=1S/C16H11N3O5/c20-14(15-17-8-12-3-1-2-6-18(12)15)10-4-5-11(9-19(23)24)13(7-10)16(21)22/h1-8H,9H2,(H,21,22). The lowest BCUT2D eigenvalue weighted by atomic mass is 10.0. The van der Waals surface area contributed by atoms with Crippen molar-refractivity contribution in [1.82, 2.24) is 9.38 Å². The summed E-state index contributed by atoms with van der Waals surface area (Å²) in [5.74, 6) is -1.64. The summed E-state index contributed by atoms with van der Waals surface area (Å²) >= 11 is 0. The highest BCUT2D eigenvalue weighted by molar-refractivity contribution is 6.08. The Balaban J connectivity index is 2.06. The molecule has 8 nitrogen and oxygen atoms in total. The predicted octanol–water partition coefficient (Wildman–Crippen LogP) is 2.04. The van der Waals surface area contributed by atoms with Crippen LogP contribution in [-0.4, -0.2) is 31.2 Å². The SMILES string of the molecule is O=C(O)c1cc(C(=O)c2ncc3ccccn23)ccc1C[N+](=O)[O-]. The fraction of sp³-hybridized carbons (Fsp3) is 0.0625. The van der Waals surface area contributed by atoms with E-state index in [1.54, 1.807) is 28.8 Å². The highest BCUT2D eigenvalue weighted by Crippen LogP contribution is 2.17. The Morgan fingerprint density at radius 1 is 1.25 bits per heavy atom. The highest BCUT2D eigenvalue weighted by atomic mass is 16.6. The van der Waals surface area contributed by atoms with Gasteiger partial charge >= 0.3 is 5.97 Å². The Morgan fingerprint density at radius 2 is 2.04 bits per heavy atom. The van der Waals surface area contributed by atoms with Gasteiger partial charge in [0.25, 0.3) is 0 Å². The molecule has 0 bridgehead atoms. The van der Waals surface area contributed by atoms with Gasteiger partial charge in [0.05, 0.1) is 17.3 Å². The van der Waals surface area contributed by atoms with Gasteiger partial charge in [0, 0.05) is 22.2 Å². The lowest BCUT2D eigenvalue weighted by molar-refractivity contribution is -0.496. The monoisotopic (exact) mass is 325 g/mol. The lowest BCUT2D eigenvalue weighted by Crippen LogP contribution is -2.12. The molecular formula is C16H11N3O5. The second-order valence-electron chi connectivity index (χ2n) is 5.07. The van der Waals surface area contributed by atoms with Crippen molar-refractivity contribution in [2.24, 2.45) is 0 Å². The summed E-state index contributed by atoms with van der Waals surface area (Å²) in [5.41, 5.74) is 0.607. The van der Waals surface area contributed by atoms with Crippen LogP contribution in [0.2, 0.25) is 0 Å². The van der Waals surface area contributed by atoms with Crippen LogP contribution >= 0.6 is 0 Å². The Labute approximate surface area is 135 Å². The molecule has 120 valence electrons. The van der Waals surface area contributed by atoms with Crippen molar-refractivity contribution in [3.05, 3.63) is 81.4 Å². The number of hydrogen-bond donors (Lipinski definition) is 1. The van der Waals surface area contributed by atoms with Gasteiger partial charge in [-0.25, -0.2) is 9.78 Å². The molecule has 0 atom stereocenters. The Bertz CT molecular complexity index is 977. The number of carboxylic acid groups (broad SMARTS) is 1. The molecule has 0 unspecified atom stereocenters. The molecule has 3 rings (SSSR count). The fourth-order valence-electron chi connectivity index (χ4n) is 2.43. The maximum absolute atomic E-state index is 12.6. The number of imidazole rings is 1. The maximum atomic E-state index is 12.6. The zero-order chi connectivity index (χ0) is 17.3. The van der Waals surface area contributed by atoms with E-state index in [0.29, 0.717) is 0 Å². The van der Waals surface area contributed by atoms with Gasteiger partial charge in [0.1, 0.15) is 0 Å². The van der Waals surface area contributed by atoms with Gasteiger partial charge in [-0.1, -0.05) is 18.2 Å². The number of benzene rings is 1. The lowest BCUT2D eigenvalue weighted by Gasteiger charge is -2.06. The molecular weight excluding hydrogens is 314 g/mol. The first-order valence-corrected chi connectivity index (χ1v) is 6.92. The van der Waals surface area contributed by atoms with Crippen molar-refractivity contribution in [2.75, 3.05) is 0 Å². The van der Waals surface area contributed by atoms with Crippen LogP contribution in [0, 0.1) is 10.1 Å². The van der Waals surface area contributed by atoms with Crippen LogP contribution in [0.1, 0.15) is 32.1 Å². The molecule has 0 aliphatic carbocycles. The van der Waals surface area contributed by atoms with Crippen molar-refractivity contribution in [2.45, 2.75) is 6.54 Å². The molecule has 2 aromatic heterocycles. The number of aromatic carboxylic acids is 1. The minimum atomic E-state index is -1.32. The molecule has 8 heteroatoms. The topological polar surface area (TPSA) is 115 Å². The number of hydrogen-bond acceptors (Lipinski definition) is 5. The van der Waals surface area contributed by atoms with E-state index < -0.39 is 23.2 Å². The van der Waals surface area contributed by atoms with Crippen LogP contribution < -0.4 is 0 Å². The summed E-state index contributed by atoms with van der Waals surface area (Å²) in [6.45, 7) is -0.623. The Hall–Kier alpha value is -3.55. The Kier molecular flexibility index (Phi) is 3.78. The second kappa shape index (κ2) is 5.92. The fourth-order valence-corrected chi connectivity index (χ4v) is 2.43. The summed E-state index contributed by atoms with van der Waals surface area (Å²) in [7, 11) is 0. The molecule has 0 radical (unpaired) electrons. The molecule has 0 amide bonds. The summed E-state index contributed by atoms with van der Waals surface area (Å²) in [6, 6.07) is 9.14. The first kappa shape index (κ1) is 15.3. The predicted molar refractivity (Wildman–Crippen MR) is 82.7 cm³/mol. The zero-order valence-corrected chi connectivity index (χ0v) is 12.2. The Morgan fingerprint density at radius 3 is 2.75 bits per heavy atom. The van der Waals surface area contributed by atoms with Gasteiger partial charge in [-0.15, -0.1) is 0 Å². The van der Waals surface area contributed by atoms with Gasteiger partial charge in [-0.3, -0.25) is 19.3 Å². The van der Waals surface area contributed by atoms with Crippen LogP contribution in [0.15, 0.2) is 48.8 Å². The van der Waals surface area contributed by atoms with E-state index in [9.17, 15) is 24.8 Å². The average molecular weight is 325 g/mol. The van der Waals surface area contributed by atoms with Gasteiger partial charge in [-0.05, 0) is 18.2 Å². The largest absolute Gasteiger partial charge is 0.478 e. The number of nitrogens with zero attached hydrogens (tertiary/aromatic N) is 3. The second-order valence-corrected chi connectivity index (χ2v) is 5.07. The molecule has 0 aliphatic rings. The van der Waals surface area contributed by atoms with Crippen molar-refractivity contribution in [3.63, 3.8) is 0 Å². The smallest absolute Gasteiger partial charge is 0.336 e. The molecule has 0 saturated heterocycles. The third-order valence-corrected chi connectivity index (χ3v) is 3.54. The first-order valence-electron chi connectivity index (χ1n) is 6.92. The van der Waals surface area contributed by atoms with E-state index >= 15 is 0 Å². The molecule has 1 N–H and O–H groups in total. The zero-order valence-electron chi connectivity index (χ0n) is 12.2. The van der Waals surface area contributed by atoms with Gasteiger partial charge in [0.2, 0.25) is 12.3 Å². The van der Waals surface area contributed by atoms with Crippen LogP contribution in [0.3, 0.4) is 0 Å². The molecule has 2 heterocycles. The number of nitro groups is 1. The molecule has 0 spiro atoms. The van der Waals surface area contributed by atoms with Crippen molar-refractivity contribution in [1.29, 1.82) is 0 Å². The quantitative estimate of drug-likeness (QED) is 0.436. The highest BCUT2D eigenvalue weighted by Gasteiger charge is 2.20. The molecule has 0 aliphatic heterocycles. The number of rotatable bonds is 5. The van der Waals surface area contributed by atoms with E-state index in [-0.39, 0.29) is 22.5 Å². The van der Waals surface area contributed by atoms with E-state index in [4.69, 9.17) is 0 Å². The summed E-state index contributed by atoms with van der Waals surface area (Å²) < 4.78 is 1.59. The van der Waals surface area contributed by atoms with E-state index in [1.807, 2.05) is 0 Å². The van der Waals surface area contributed by atoms with E-state index in [1.165, 1.54) is 18.3 Å². The van der Waals surface area contributed by atoms with E-state index in [2.05, 4.69) is 4.98 Å². The number of carboxylic acids is 1. The minimum absolute atomic E-state index is 0.0389. The van der Waals surface area contributed by atoms with Gasteiger partial charge < -0.3 is 5.11 Å². The number of carbonyl (C=O) groups excluding carboxylic acids is 1. The normalized spacial score (nSPS) is 10.7. The molecule has 24 heavy (non-hydrogen) atoms. The number of carbonyl (C=O) groups is 2. The molecule has 1 aromatic carbocycles. The van der Waals surface area contributed by atoms with Gasteiger partial charge in [0.15, 0.2) is 5.82 Å². The van der Waals surface area contributed by atoms with Crippen molar-refractivity contribution < 1.29 is 19.6 Å². The maximum Gasteiger partial charge on any atom is 0.336 e. The van der Waals surface area contributed by atoms with Crippen LogP contribution in [0.4, 0.5) is 0 Å². The first-order chi connectivity index (χ1) is 11.5. The third kappa shape index (κ3) is 2.72. The van der Waals surface area contributed by atoms with Crippen LogP contribution in [0.25, 0.3) is 5.52 Å². The summed E-state index contributed by atoms with van der Waals surface area (Å²) in [4.78, 5) is 38.0. The van der Waals surface area contributed by atoms with Crippen LogP contribution in [0.5, 0.6) is 0 Å². The molecule has 0 fully saturated rings. The number of aromatic nitrogens is 2. The number of ketones is 1. The van der Waals surface area contributed by atoms with E-state index in [0.717, 1.165) is 11.6 Å². The third-order valence-electron chi connectivity index (χ3n) is 3.54. The minimum Gasteiger partial charge on any atom is -0.478 e. The number of fused-ring (bicyclic) bond motifs is 1. The molecule has 0 saturated carbocycles. The summed E-state index contributed by atoms with van der Waals surface area (Å²) in [5, 5.41) is 19.9.